The number of hydrogen-bond acceptors (Lipinski definition) is 5. The first kappa shape index (κ1) is 17.2. The molecule has 8 heteroatoms. The van der Waals surface area contributed by atoms with Crippen LogP contribution in [0, 0.1) is 32.4 Å². The fraction of sp³-hybridized carbons (Fsp3) is 0.235. The molecular formula is C17H15F2N3O2S. The van der Waals surface area contributed by atoms with E-state index in [4.69, 9.17) is 4.74 Å². The van der Waals surface area contributed by atoms with Crippen LogP contribution in [0.1, 0.15) is 32.3 Å². The highest BCUT2D eigenvalue weighted by atomic mass is 32.1. The molecule has 2 aromatic heterocycles. The predicted molar refractivity (Wildman–Crippen MR) is 88.9 cm³/mol. The molecule has 25 heavy (non-hydrogen) atoms. The number of benzene rings is 1. The monoisotopic (exact) mass is 363 g/mol. The van der Waals surface area contributed by atoms with Gasteiger partial charge in [0.05, 0.1) is 27.5 Å². The highest BCUT2D eigenvalue weighted by Gasteiger charge is 2.22. The van der Waals surface area contributed by atoms with Crippen LogP contribution in [0.3, 0.4) is 0 Å². The average Bonchev–Trinajstić information content (AvgIpc) is 3.08. The minimum Gasteiger partial charge on any atom is -0.456 e. The highest BCUT2D eigenvalue weighted by Crippen LogP contribution is 2.22. The molecule has 0 aliphatic rings. The number of aromatic nitrogens is 3. The van der Waals surface area contributed by atoms with Crippen LogP contribution in [0.4, 0.5) is 8.78 Å². The van der Waals surface area contributed by atoms with E-state index in [0.29, 0.717) is 11.4 Å². The quantitative estimate of drug-likeness (QED) is 0.660. The van der Waals surface area contributed by atoms with Gasteiger partial charge in [0, 0.05) is 6.07 Å². The second kappa shape index (κ2) is 6.72. The van der Waals surface area contributed by atoms with Crippen molar-refractivity contribution in [2.75, 3.05) is 0 Å². The lowest BCUT2D eigenvalue weighted by Crippen LogP contribution is -2.08. The molecule has 0 amide bonds. The molecule has 0 N–H and O–H groups in total. The smallest absolute Gasteiger partial charge is 0.342 e. The Labute approximate surface area is 146 Å². The molecule has 0 atom stereocenters. The molecule has 3 rings (SSSR count). The van der Waals surface area contributed by atoms with Gasteiger partial charge in [0.15, 0.2) is 5.82 Å². The normalized spacial score (nSPS) is 10.9. The van der Waals surface area contributed by atoms with Crippen molar-refractivity contribution in [2.45, 2.75) is 27.4 Å². The minimum absolute atomic E-state index is 0.0688. The Hall–Kier alpha value is -2.61. The van der Waals surface area contributed by atoms with Gasteiger partial charge in [-0.2, -0.15) is 5.10 Å². The van der Waals surface area contributed by atoms with Gasteiger partial charge in [0.2, 0.25) is 0 Å². The van der Waals surface area contributed by atoms with E-state index < -0.39 is 17.6 Å². The van der Waals surface area contributed by atoms with Crippen LogP contribution in [-0.2, 0) is 11.3 Å². The highest BCUT2D eigenvalue weighted by molar-refractivity contribution is 7.09. The van der Waals surface area contributed by atoms with E-state index in [9.17, 15) is 13.6 Å². The Morgan fingerprint density at radius 2 is 2.00 bits per heavy atom. The molecule has 0 aliphatic heterocycles. The van der Waals surface area contributed by atoms with Crippen molar-refractivity contribution >= 4 is 17.3 Å². The summed E-state index contributed by atoms with van der Waals surface area (Å²) in [6.07, 6.45) is 0. The molecule has 1 aromatic carbocycles. The van der Waals surface area contributed by atoms with E-state index in [2.05, 4.69) is 10.1 Å². The molecular weight excluding hydrogens is 348 g/mol. The van der Waals surface area contributed by atoms with Crippen LogP contribution in [0.25, 0.3) is 5.69 Å². The Morgan fingerprint density at radius 1 is 1.24 bits per heavy atom. The Morgan fingerprint density at radius 3 is 2.64 bits per heavy atom. The fourth-order valence-electron chi connectivity index (χ4n) is 2.49. The maximum absolute atomic E-state index is 14.0. The summed E-state index contributed by atoms with van der Waals surface area (Å²) in [5.74, 6) is -1.98. The summed E-state index contributed by atoms with van der Waals surface area (Å²) < 4.78 is 33.7. The molecule has 130 valence electrons. The van der Waals surface area contributed by atoms with Gasteiger partial charge in [-0.25, -0.2) is 23.2 Å². The number of nitrogens with zero attached hydrogens (tertiary/aromatic N) is 3. The SMILES string of the molecule is Cc1ncsc1COC(=O)c1c(C)nn(-c2ccc(F)cc2F)c1C. The van der Waals surface area contributed by atoms with Crippen molar-refractivity contribution in [3.8, 4) is 5.69 Å². The van der Waals surface area contributed by atoms with Crippen molar-refractivity contribution < 1.29 is 18.3 Å². The molecule has 2 heterocycles. The Kier molecular flexibility index (Phi) is 4.63. The average molecular weight is 363 g/mol. The van der Waals surface area contributed by atoms with Crippen molar-refractivity contribution in [2.24, 2.45) is 0 Å². The number of rotatable bonds is 4. The molecule has 0 bridgehead atoms. The first-order valence-corrected chi connectivity index (χ1v) is 8.34. The molecule has 0 fully saturated rings. The van der Waals surface area contributed by atoms with Crippen molar-refractivity contribution in [1.82, 2.24) is 14.8 Å². The predicted octanol–water partition coefficient (Wildman–Crippen LogP) is 3.89. The number of carbonyl (C=O) groups excluding carboxylic acids is 1. The summed E-state index contributed by atoms with van der Waals surface area (Å²) in [7, 11) is 0. The van der Waals surface area contributed by atoms with Crippen LogP contribution < -0.4 is 0 Å². The molecule has 3 aromatic rings. The topological polar surface area (TPSA) is 57.0 Å². The number of ether oxygens (including phenoxy) is 1. The number of thiazole rings is 1. The van der Waals surface area contributed by atoms with Gasteiger partial charge in [0.25, 0.3) is 0 Å². The summed E-state index contributed by atoms with van der Waals surface area (Å²) in [4.78, 5) is 17.4. The van der Waals surface area contributed by atoms with E-state index in [1.54, 1.807) is 19.4 Å². The van der Waals surface area contributed by atoms with Crippen LogP contribution in [0.15, 0.2) is 23.7 Å². The van der Waals surface area contributed by atoms with Crippen molar-refractivity contribution in [3.63, 3.8) is 0 Å². The summed E-state index contributed by atoms with van der Waals surface area (Å²) in [5, 5.41) is 4.20. The molecule has 0 spiro atoms. The van der Waals surface area contributed by atoms with Crippen LogP contribution in [0.2, 0.25) is 0 Å². The summed E-state index contributed by atoms with van der Waals surface area (Å²) in [6, 6.07) is 3.19. The van der Waals surface area contributed by atoms with Gasteiger partial charge in [-0.05, 0) is 32.9 Å². The number of esters is 1. The van der Waals surface area contributed by atoms with Crippen molar-refractivity contribution in [3.05, 3.63) is 62.9 Å². The minimum atomic E-state index is -0.759. The molecule has 0 saturated heterocycles. The third kappa shape index (κ3) is 3.30. The zero-order valence-electron chi connectivity index (χ0n) is 13.8. The van der Waals surface area contributed by atoms with E-state index in [0.717, 1.165) is 22.7 Å². The van der Waals surface area contributed by atoms with Gasteiger partial charge in [-0.1, -0.05) is 0 Å². The van der Waals surface area contributed by atoms with E-state index in [1.807, 2.05) is 6.92 Å². The van der Waals surface area contributed by atoms with Gasteiger partial charge in [0.1, 0.15) is 23.7 Å². The summed E-state index contributed by atoms with van der Waals surface area (Å²) in [6.45, 7) is 5.23. The zero-order chi connectivity index (χ0) is 18.1. The molecule has 0 unspecified atom stereocenters. The Bertz CT molecular complexity index is 950. The fourth-order valence-corrected chi connectivity index (χ4v) is 3.18. The standard InChI is InChI=1S/C17H15F2N3O2S/c1-9-15(25-8-20-9)7-24-17(23)16-10(2)21-22(11(16)3)14-5-4-12(18)6-13(14)19/h4-6,8H,7H2,1-3H3. The lowest BCUT2D eigenvalue weighted by molar-refractivity contribution is 0.0474. The second-order valence-corrected chi connectivity index (χ2v) is 6.43. The zero-order valence-corrected chi connectivity index (χ0v) is 14.7. The molecule has 0 aliphatic carbocycles. The van der Waals surface area contributed by atoms with Gasteiger partial charge < -0.3 is 4.74 Å². The second-order valence-electron chi connectivity index (χ2n) is 5.49. The van der Waals surface area contributed by atoms with Crippen LogP contribution >= 0.6 is 11.3 Å². The van der Waals surface area contributed by atoms with Crippen LogP contribution in [0.5, 0.6) is 0 Å². The van der Waals surface area contributed by atoms with E-state index >= 15 is 0 Å². The summed E-state index contributed by atoms with van der Waals surface area (Å²) >= 11 is 1.41. The first-order chi connectivity index (χ1) is 11.9. The third-order valence-corrected chi connectivity index (χ3v) is 4.72. The number of halogens is 2. The summed E-state index contributed by atoms with van der Waals surface area (Å²) in [5.41, 5.74) is 3.67. The first-order valence-electron chi connectivity index (χ1n) is 7.46. The Balaban J connectivity index is 1.89. The van der Waals surface area contributed by atoms with Gasteiger partial charge in [-0.15, -0.1) is 11.3 Å². The van der Waals surface area contributed by atoms with E-state index in [-0.39, 0.29) is 17.9 Å². The lowest BCUT2D eigenvalue weighted by atomic mass is 10.2. The lowest BCUT2D eigenvalue weighted by Gasteiger charge is -2.07. The van der Waals surface area contributed by atoms with E-state index in [1.165, 1.54) is 22.1 Å². The molecule has 5 nitrogen and oxygen atoms in total. The molecule has 0 saturated carbocycles. The third-order valence-electron chi connectivity index (χ3n) is 3.81. The van der Waals surface area contributed by atoms with Gasteiger partial charge in [-0.3, -0.25) is 0 Å². The molecule has 0 radical (unpaired) electrons. The van der Waals surface area contributed by atoms with Crippen LogP contribution in [-0.4, -0.2) is 20.7 Å². The maximum Gasteiger partial charge on any atom is 0.342 e. The van der Waals surface area contributed by atoms with Gasteiger partial charge >= 0.3 is 5.97 Å². The largest absolute Gasteiger partial charge is 0.456 e. The maximum atomic E-state index is 14.0. The van der Waals surface area contributed by atoms with Crippen molar-refractivity contribution in [1.29, 1.82) is 0 Å². The number of hydrogen-bond donors (Lipinski definition) is 0. The number of carbonyl (C=O) groups is 1. The number of aryl methyl sites for hydroxylation is 2.